The van der Waals surface area contributed by atoms with E-state index < -0.39 is 0 Å². The summed E-state index contributed by atoms with van der Waals surface area (Å²) in [5, 5.41) is 6.30. The number of rotatable bonds is 5. The number of guanidine groups is 1. The molecule has 0 unspecified atom stereocenters. The van der Waals surface area contributed by atoms with Crippen LogP contribution in [-0.4, -0.2) is 22.6 Å². The Bertz CT molecular complexity index is 936. The van der Waals surface area contributed by atoms with Crippen molar-refractivity contribution in [2.75, 3.05) is 7.05 Å². The first-order valence-corrected chi connectivity index (χ1v) is 8.53. The second-order valence-electron chi connectivity index (χ2n) is 6.12. The summed E-state index contributed by atoms with van der Waals surface area (Å²) in [6.45, 7) is 2.66. The van der Waals surface area contributed by atoms with Gasteiger partial charge in [-0.15, -0.1) is 0 Å². The number of aliphatic imine (C=N–C) groups is 1. The van der Waals surface area contributed by atoms with E-state index in [1.807, 2.05) is 6.07 Å². The fraction of sp³-hybridized carbons (Fsp3) is 0.200. The van der Waals surface area contributed by atoms with Crippen molar-refractivity contribution < 1.29 is 8.78 Å². The number of hydrogen-bond donors (Lipinski definition) is 2. The standard InChI is InChI=1S/C20H21F2N5/c1-14-9-15(3-5-17(14)21)11-25-20(23-2)26-12-16-4-6-19(18(22)10-16)27-8-7-24-13-27/h3-10,13H,11-12H2,1-2H3,(H2,23,25,26). The lowest BCUT2D eigenvalue weighted by Crippen LogP contribution is -2.36. The monoisotopic (exact) mass is 369 g/mol. The minimum atomic E-state index is -0.322. The predicted molar refractivity (Wildman–Crippen MR) is 102 cm³/mol. The fourth-order valence-corrected chi connectivity index (χ4v) is 2.68. The van der Waals surface area contributed by atoms with Crippen LogP contribution in [-0.2, 0) is 13.1 Å². The zero-order valence-corrected chi connectivity index (χ0v) is 15.2. The Morgan fingerprint density at radius 3 is 2.33 bits per heavy atom. The highest BCUT2D eigenvalue weighted by Crippen LogP contribution is 2.15. The topological polar surface area (TPSA) is 54.2 Å². The van der Waals surface area contributed by atoms with Gasteiger partial charge >= 0.3 is 0 Å². The Balaban J connectivity index is 1.57. The molecule has 7 heteroatoms. The van der Waals surface area contributed by atoms with Gasteiger partial charge in [-0.3, -0.25) is 4.99 Å². The molecule has 0 bridgehead atoms. The average molecular weight is 369 g/mol. The molecule has 0 fully saturated rings. The maximum atomic E-state index is 14.3. The number of benzene rings is 2. The summed E-state index contributed by atoms with van der Waals surface area (Å²) >= 11 is 0. The van der Waals surface area contributed by atoms with Gasteiger partial charge in [-0.1, -0.05) is 18.2 Å². The molecule has 0 saturated heterocycles. The maximum absolute atomic E-state index is 14.3. The van der Waals surface area contributed by atoms with Crippen LogP contribution in [0.25, 0.3) is 5.69 Å². The molecule has 0 aliphatic heterocycles. The van der Waals surface area contributed by atoms with Crippen LogP contribution in [0.5, 0.6) is 0 Å². The summed E-state index contributed by atoms with van der Waals surface area (Å²) in [7, 11) is 1.66. The Morgan fingerprint density at radius 1 is 1.04 bits per heavy atom. The smallest absolute Gasteiger partial charge is 0.191 e. The van der Waals surface area contributed by atoms with Gasteiger partial charge in [-0.05, 0) is 41.8 Å². The highest BCUT2D eigenvalue weighted by molar-refractivity contribution is 5.79. The minimum Gasteiger partial charge on any atom is -0.352 e. The molecule has 0 radical (unpaired) electrons. The highest BCUT2D eigenvalue weighted by atomic mass is 19.1. The van der Waals surface area contributed by atoms with Crippen molar-refractivity contribution in [3.63, 3.8) is 0 Å². The lowest BCUT2D eigenvalue weighted by molar-refractivity contribution is 0.614. The average Bonchev–Trinajstić information content (AvgIpc) is 3.19. The number of aryl methyl sites for hydroxylation is 1. The third-order valence-electron chi connectivity index (χ3n) is 4.16. The molecule has 0 aliphatic carbocycles. The van der Waals surface area contributed by atoms with Crippen molar-refractivity contribution in [1.29, 1.82) is 0 Å². The molecular formula is C20H21F2N5. The normalized spacial score (nSPS) is 11.5. The Kier molecular flexibility index (Phi) is 5.80. The number of aromatic nitrogens is 2. The molecule has 1 heterocycles. The van der Waals surface area contributed by atoms with Crippen LogP contribution in [0.15, 0.2) is 60.1 Å². The van der Waals surface area contributed by atoms with Crippen LogP contribution in [0, 0.1) is 18.6 Å². The van der Waals surface area contributed by atoms with Gasteiger partial charge in [0.15, 0.2) is 5.96 Å². The zero-order valence-electron chi connectivity index (χ0n) is 15.2. The van der Waals surface area contributed by atoms with Crippen LogP contribution < -0.4 is 10.6 Å². The third kappa shape index (κ3) is 4.69. The molecule has 3 rings (SSSR count). The molecule has 0 aliphatic rings. The summed E-state index contributed by atoms with van der Waals surface area (Å²) in [5.41, 5.74) is 2.79. The quantitative estimate of drug-likeness (QED) is 0.536. The maximum Gasteiger partial charge on any atom is 0.191 e. The van der Waals surface area contributed by atoms with E-state index in [4.69, 9.17) is 0 Å². The third-order valence-corrected chi connectivity index (χ3v) is 4.16. The second kappa shape index (κ2) is 8.44. The molecule has 3 aromatic rings. The van der Waals surface area contributed by atoms with Gasteiger partial charge < -0.3 is 15.2 Å². The van der Waals surface area contributed by atoms with E-state index in [0.29, 0.717) is 30.3 Å². The van der Waals surface area contributed by atoms with E-state index >= 15 is 0 Å². The number of imidazole rings is 1. The molecule has 140 valence electrons. The predicted octanol–water partition coefficient (Wildman–Crippen LogP) is 3.32. The van der Waals surface area contributed by atoms with Crippen LogP contribution >= 0.6 is 0 Å². The van der Waals surface area contributed by atoms with Crippen molar-refractivity contribution in [2.24, 2.45) is 4.99 Å². The SMILES string of the molecule is CN=C(NCc1ccc(F)c(C)c1)NCc1ccc(-n2ccnc2)c(F)c1. The molecule has 2 N–H and O–H groups in total. The van der Waals surface area contributed by atoms with Gasteiger partial charge in [0.2, 0.25) is 0 Å². The van der Waals surface area contributed by atoms with Crippen molar-refractivity contribution in [2.45, 2.75) is 20.0 Å². The Labute approximate surface area is 156 Å². The number of halogens is 2. The zero-order chi connectivity index (χ0) is 19.2. The van der Waals surface area contributed by atoms with Crippen LogP contribution in [0.1, 0.15) is 16.7 Å². The van der Waals surface area contributed by atoms with E-state index in [-0.39, 0.29) is 11.6 Å². The van der Waals surface area contributed by atoms with Crippen molar-refractivity contribution in [3.8, 4) is 5.69 Å². The molecule has 0 saturated carbocycles. The van der Waals surface area contributed by atoms with Gasteiger partial charge in [0, 0.05) is 32.5 Å². The van der Waals surface area contributed by atoms with E-state index in [9.17, 15) is 8.78 Å². The minimum absolute atomic E-state index is 0.220. The molecule has 0 amide bonds. The van der Waals surface area contributed by atoms with E-state index in [1.54, 1.807) is 55.5 Å². The highest BCUT2D eigenvalue weighted by Gasteiger charge is 2.06. The number of nitrogens with one attached hydrogen (secondary N) is 2. The summed E-state index contributed by atoms with van der Waals surface area (Å²) in [5.74, 6) is 0.0375. The van der Waals surface area contributed by atoms with Gasteiger partial charge in [0.05, 0.1) is 12.0 Å². The second-order valence-corrected chi connectivity index (χ2v) is 6.12. The largest absolute Gasteiger partial charge is 0.352 e. The van der Waals surface area contributed by atoms with Crippen molar-refractivity contribution in [3.05, 3.63) is 83.4 Å². The van der Waals surface area contributed by atoms with Crippen LogP contribution in [0.3, 0.4) is 0 Å². The van der Waals surface area contributed by atoms with E-state index in [0.717, 1.165) is 11.1 Å². The Hall–Kier alpha value is -3.22. The number of hydrogen-bond acceptors (Lipinski definition) is 2. The summed E-state index contributed by atoms with van der Waals surface area (Å²) in [6.07, 6.45) is 4.85. The van der Waals surface area contributed by atoms with Crippen molar-refractivity contribution >= 4 is 5.96 Å². The van der Waals surface area contributed by atoms with Crippen LogP contribution in [0.4, 0.5) is 8.78 Å². The summed E-state index contributed by atoms with van der Waals surface area (Å²) < 4.78 is 29.3. The fourth-order valence-electron chi connectivity index (χ4n) is 2.68. The van der Waals surface area contributed by atoms with Crippen LogP contribution in [0.2, 0.25) is 0 Å². The van der Waals surface area contributed by atoms with Gasteiger partial charge in [-0.2, -0.15) is 0 Å². The molecule has 0 atom stereocenters. The van der Waals surface area contributed by atoms with Crippen molar-refractivity contribution in [1.82, 2.24) is 20.2 Å². The molecule has 2 aromatic carbocycles. The molecule has 0 spiro atoms. The molecular weight excluding hydrogens is 348 g/mol. The lowest BCUT2D eigenvalue weighted by atomic mass is 10.1. The van der Waals surface area contributed by atoms with Gasteiger partial charge in [0.25, 0.3) is 0 Å². The molecule has 1 aromatic heterocycles. The molecule has 5 nitrogen and oxygen atoms in total. The number of nitrogens with zero attached hydrogens (tertiary/aromatic N) is 3. The summed E-state index contributed by atoms with van der Waals surface area (Å²) in [6, 6.07) is 10.0. The first-order valence-electron chi connectivity index (χ1n) is 8.53. The first-order chi connectivity index (χ1) is 13.1. The summed E-state index contributed by atoms with van der Waals surface area (Å²) in [4.78, 5) is 8.08. The van der Waals surface area contributed by atoms with E-state index in [2.05, 4.69) is 20.6 Å². The first kappa shape index (κ1) is 18.6. The van der Waals surface area contributed by atoms with Gasteiger partial charge in [-0.25, -0.2) is 13.8 Å². The molecule has 27 heavy (non-hydrogen) atoms. The Morgan fingerprint density at radius 2 is 1.74 bits per heavy atom. The lowest BCUT2D eigenvalue weighted by Gasteiger charge is -2.13. The van der Waals surface area contributed by atoms with Gasteiger partial charge in [0.1, 0.15) is 11.6 Å². The van der Waals surface area contributed by atoms with E-state index in [1.165, 1.54) is 12.1 Å².